The molecule has 0 bridgehead atoms. The smallest absolute Gasteiger partial charge is 0.316 e. The van der Waals surface area contributed by atoms with Gasteiger partial charge in [-0.05, 0) is 13.8 Å². The number of amides is 2. The van der Waals surface area contributed by atoms with Gasteiger partial charge >= 0.3 is 6.03 Å². The Kier molecular flexibility index (Phi) is 3.79. The molecule has 0 aliphatic rings. The minimum atomic E-state index is -0.340. The molecule has 0 unspecified atom stereocenters. The molecule has 0 saturated carbocycles. The van der Waals surface area contributed by atoms with E-state index < -0.39 is 0 Å². The number of aliphatic hydroxyl groups excluding tert-OH is 1. The lowest BCUT2D eigenvalue weighted by molar-refractivity contribution is 0.216. The van der Waals surface area contributed by atoms with E-state index in [0.29, 0.717) is 0 Å². The Hall–Kier alpha value is -0.770. The molecule has 9 heavy (non-hydrogen) atoms. The van der Waals surface area contributed by atoms with Crippen molar-refractivity contribution in [3.63, 3.8) is 0 Å². The Morgan fingerprint density at radius 3 is 2.56 bits per heavy atom. The van der Waals surface area contributed by atoms with Crippen molar-refractivity contribution in [2.24, 2.45) is 0 Å². The Morgan fingerprint density at radius 1 is 1.67 bits per heavy atom. The highest BCUT2D eigenvalue weighted by Crippen LogP contribution is 1.74. The molecule has 4 heteroatoms. The van der Waals surface area contributed by atoms with Crippen LogP contribution in [0.15, 0.2) is 0 Å². The second-order valence-corrected chi connectivity index (χ2v) is 1.96. The van der Waals surface area contributed by atoms with Crippen molar-refractivity contribution in [2.45, 2.75) is 19.9 Å². The molecule has 0 aliphatic heterocycles. The van der Waals surface area contributed by atoms with Crippen LogP contribution in [0.3, 0.4) is 0 Å². The van der Waals surface area contributed by atoms with E-state index in [1.165, 1.54) is 0 Å². The third-order valence-corrected chi connectivity index (χ3v) is 0.659. The van der Waals surface area contributed by atoms with E-state index in [9.17, 15) is 4.79 Å². The lowest BCUT2D eigenvalue weighted by Gasteiger charge is -2.06. The van der Waals surface area contributed by atoms with Gasteiger partial charge in [-0.25, -0.2) is 4.79 Å². The van der Waals surface area contributed by atoms with E-state index in [-0.39, 0.29) is 18.8 Å². The molecular formula is C5H12N2O2. The zero-order chi connectivity index (χ0) is 7.28. The van der Waals surface area contributed by atoms with Crippen molar-refractivity contribution in [3.8, 4) is 0 Å². The molecule has 0 radical (unpaired) electrons. The predicted molar refractivity (Wildman–Crippen MR) is 33.9 cm³/mol. The van der Waals surface area contributed by atoms with E-state index in [1.54, 1.807) is 0 Å². The number of aliphatic hydroxyl groups is 1. The van der Waals surface area contributed by atoms with Crippen molar-refractivity contribution in [1.29, 1.82) is 0 Å². The van der Waals surface area contributed by atoms with Gasteiger partial charge in [0.2, 0.25) is 0 Å². The van der Waals surface area contributed by atoms with Gasteiger partial charge < -0.3 is 15.7 Å². The van der Waals surface area contributed by atoms with Crippen molar-refractivity contribution in [2.75, 3.05) is 6.73 Å². The molecular weight excluding hydrogens is 120 g/mol. The maximum atomic E-state index is 10.5. The molecule has 0 heterocycles. The van der Waals surface area contributed by atoms with E-state index in [2.05, 4.69) is 10.6 Å². The molecule has 0 aromatic rings. The molecule has 54 valence electrons. The molecule has 0 aromatic heterocycles. The van der Waals surface area contributed by atoms with Gasteiger partial charge in [-0.1, -0.05) is 0 Å². The van der Waals surface area contributed by atoms with Crippen LogP contribution in [0.4, 0.5) is 4.79 Å². The summed E-state index contributed by atoms with van der Waals surface area (Å²) in [5.74, 6) is 0. The number of nitrogens with one attached hydrogen (secondary N) is 2. The van der Waals surface area contributed by atoms with Crippen LogP contribution in [0.5, 0.6) is 0 Å². The summed E-state index contributed by atoms with van der Waals surface area (Å²) in [5.41, 5.74) is 0. The maximum Gasteiger partial charge on any atom is 0.316 e. The summed E-state index contributed by atoms with van der Waals surface area (Å²) in [6.07, 6.45) is 0. The zero-order valence-corrected chi connectivity index (χ0v) is 5.64. The minimum absolute atomic E-state index is 0.108. The summed E-state index contributed by atoms with van der Waals surface area (Å²) in [5, 5.41) is 12.9. The molecule has 0 saturated heterocycles. The van der Waals surface area contributed by atoms with Gasteiger partial charge in [0.25, 0.3) is 0 Å². The molecule has 0 aliphatic carbocycles. The highest BCUT2D eigenvalue weighted by atomic mass is 16.3. The van der Waals surface area contributed by atoms with Gasteiger partial charge in [0.1, 0.15) is 6.73 Å². The molecule has 3 N–H and O–H groups in total. The fourth-order valence-corrected chi connectivity index (χ4v) is 0.385. The second-order valence-electron chi connectivity index (χ2n) is 1.96. The van der Waals surface area contributed by atoms with Crippen LogP contribution in [0, 0.1) is 0 Å². The highest BCUT2D eigenvalue weighted by molar-refractivity contribution is 5.73. The van der Waals surface area contributed by atoms with Crippen LogP contribution < -0.4 is 10.6 Å². The predicted octanol–water partition coefficient (Wildman–Crippen LogP) is -0.356. The lowest BCUT2D eigenvalue weighted by atomic mass is 10.4. The average molecular weight is 132 g/mol. The Bertz CT molecular complexity index is 93.0. The quantitative estimate of drug-likeness (QED) is 0.449. The van der Waals surface area contributed by atoms with Crippen molar-refractivity contribution < 1.29 is 9.90 Å². The SMILES string of the molecule is CC(C)NC(=O)NCO. The zero-order valence-electron chi connectivity index (χ0n) is 5.64. The van der Waals surface area contributed by atoms with E-state index >= 15 is 0 Å². The van der Waals surface area contributed by atoms with Gasteiger partial charge in [0.15, 0.2) is 0 Å². The third kappa shape index (κ3) is 5.10. The standard InChI is InChI=1S/C5H12N2O2/c1-4(2)7-5(9)6-3-8/h4,8H,3H2,1-2H3,(H2,6,7,9). The molecule has 0 fully saturated rings. The number of hydrogen-bond donors (Lipinski definition) is 3. The summed E-state index contributed by atoms with van der Waals surface area (Å²) in [6.45, 7) is 3.37. The Balaban J connectivity index is 3.27. The number of hydrogen-bond acceptors (Lipinski definition) is 2. The van der Waals surface area contributed by atoms with Crippen LogP contribution >= 0.6 is 0 Å². The molecule has 0 aromatic carbocycles. The summed E-state index contributed by atoms with van der Waals surface area (Å²) in [7, 11) is 0. The summed E-state index contributed by atoms with van der Waals surface area (Å²) < 4.78 is 0. The van der Waals surface area contributed by atoms with Gasteiger partial charge in [0, 0.05) is 6.04 Å². The van der Waals surface area contributed by atoms with Crippen molar-refractivity contribution >= 4 is 6.03 Å². The average Bonchev–Trinajstić information content (AvgIpc) is 1.63. The first-order valence-corrected chi connectivity index (χ1v) is 2.82. The topological polar surface area (TPSA) is 61.4 Å². The summed E-state index contributed by atoms with van der Waals surface area (Å²) in [6, 6.07) is -0.232. The molecule has 2 amide bonds. The van der Waals surface area contributed by atoms with Gasteiger partial charge in [-0.15, -0.1) is 0 Å². The monoisotopic (exact) mass is 132 g/mol. The van der Waals surface area contributed by atoms with Gasteiger partial charge in [0.05, 0.1) is 0 Å². The Morgan fingerprint density at radius 2 is 2.22 bits per heavy atom. The number of carbonyl (C=O) groups excluding carboxylic acids is 1. The first kappa shape index (κ1) is 8.23. The van der Waals surface area contributed by atoms with Crippen LogP contribution in [-0.4, -0.2) is 23.9 Å². The maximum absolute atomic E-state index is 10.5. The fraction of sp³-hybridized carbons (Fsp3) is 0.800. The molecule has 0 rings (SSSR count). The molecule has 4 nitrogen and oxygen atoms in total. The first-order valence-electron chi connectivity index (χ1n) is 2.82. The highest BCUT2D eigenvalue weighted by Gasteiger charge is 1.97. The number of urea groups is 1. The van der Waals surface area contributed by atoms with Crippen LogP contribution in [0.1, 0.15) is 13.8 Å². The summed E-state index contributed by atoms with van der Waals surface area (Å²) in [4.78, 5) is 10.5. The van der Waals surface area contributed by atoms with E-state index in [0.717, 1.165) is 0 Å². The molecule has 0 atom stereocenters. The Labute approximate surface area is 54.3 Å². The van der Waals surface area contributed by atoms with Crippen LogP contribution in [0.2, 0.25) is 0 Å². The number of carbonyl (C=O) groups is 1. The minimum Gasteiger partial charge on any atom is -0.376 e. The second kappa shape index (κ2) is 4.14. The van der Waals surface area contributed by atoms with Crippen LogP contribution in [-0.2, 0) is 0 Å². The van der Waals surface area contributed by atoms with Crippen molar-refractivity contribution in [3.05, 3.63) is 0 Å². The van der Waals surface area contributed by atoms with Crippen LogP contribution in [0.25, 0.3) is 0 Å². The van der Waals surface area contributed by atoms with E-state index in [4.69, 9.17) is 5.11 Å². The third-order valence-electron chi connectivity index (χ3n) is 0.659. The van der Waals surface area contributed by atoms with Gasteiger partial charge in [-0.2, -0.15) is 0 Å². The largest absolute Gasteiger partial charge is 0.376 e. The molecule has 0 spiro atoms. The first-order chi connectivity index (χ1) is 4.16. The summed E-state index contributed by atoms with van der Waals surface area (Å²) >= 11 is 0. The number of rotatable bonds is 2. The van der Waals surface area contributed by atoms with Crippen molar-refractivity contribution in [1.82, 2.24) is 10.6 Å². The normalized spacial score (nSPS) is 9.33. The fourth-order valence-electron chi connectivity index (χ4n) is 0.385. The van der Waals surface area contributed by atoms with Gasteiger partial charge in [-0.3, -0.25) is 0 Å². The lowest BCUT2D eigenvalue weighted by Crippen LogP contribution is -2.39. The van der Waals surface area contributed by atoms with E-state index in [1.807, 2.05) is 13.8 Å².